The molecule has 0 saturated carbocycles. The number of rotatable bonds is 3. The van der Waals surface area contributed by atoms with Crippen LogP contribution in [0.25, 0.3) is 0 Å². The van der Waals surface area contributed by atoms with Crippen molar-refractivity contribution in [2.75, 3.05) is 14.2 Å². The maximum absolute atomic E-state index is 11.4. The van der Waals surface area contributed by atoms with Crippen LogP contribution in [0.3, 0.4) is 0 Å². The lowest BCUT2D eigenvalue weighted by Gasteiger charge is -2.26. The third-order valence-corrected chi connectivity index (χ3v) is 2.82. The Bertz CT molecular complexity index is 402. The summed E-state index contributed by atoms with van der Waals surface area (Å²) < 4.78 is 15.6. The van der Waals surface area contributed by atoms with Gasteiger partial charge in [-0.25, -0.2) is 0 Å². The van der Waals surface area contributed by atoms with E-state index in [-0.39, 0.29) is 12.4 Å². The Morgan fingerprint density at radius 1 is 1.44 bits per heavy atom. The second kappa shape index (κ2) is 4.23. The molecule has 1 heterocycles. The van der Waals surface area contributed by atoms with E-state index < -0.39 is 5.79 Å². The molecule has 1 aromatic carbocycles. The Morgan fingerprint density at radius 3 is 2.88 bits per heavy atom. The average molecular weight is 222 g/mol. The topological polar surface area (TPSA) is 44.8 Å². The van der Waals surface area contributed by atoms with Gasteiger partial charge in [-0.1, -0.05) is 24.3 Å². The minimum Gasteiger partial charge on any atom is -0.469 e. The van der Waals surface area contributed by atoms with E-state index in [9.17, 15) is 4.79 Å². The predicted octanol–water partition coefficient (Wildman–Crippen LogP) is 1.58. The zero-order valence-corrected chi connectivity index (χ0v) is 9.36. The van der Waals surface area contributed by atoms with Crippen LogP contribution in [0, 0.1) is 0 Å². The normalized spacial score (nSPS) is 22.9. The summed E-state index contributed by atoms with van der Waals surface area (Å²) >= 11 is 0. The van der Waals surface area contributed by atoms with Crippen LogP contribution in [0.5, 0.6) is 0 Å². The fourth-order valence-corrected chi connectivity index (χ4v) is 1.94. The molecule has 0 fully saturated rings. The number of hydrogen-bond donors (Lipinski definition) is 0. The minimum atomic E-state index is -0.982. The summed E-state index contributed by atoms with van der Waals surface area (Å²) in [5.41, 5.74) is 1.95. The van der Waals surface area contributed by atoms with Gasteiger partial charge in [0.2, 0.25) is 5.79 Å². The lowest BCUT2D eigenvalue weighted by atomic mass is 10.00. The second-order valence-corrected chi connectivity index (χ2v) is 3.66. The maximum atomic E-state index is 11.4. The van der Waals surface area contributed by atoms with Crippen LogP contribution in [-0.4, -0.2) is 20.2 Å². The lowest BCUT2D eigenvalue weighted by molar-refractivity contribution is -0.230. The van der Waals surface area contributed by atoms with Gasteiger partial charge in [-0.15, -0.1) is 0 Å². The molecule has 4 nitrogen and oxygen atoms in total. The maximum Gasteiger partial charge on any atom is 0.311 e. The van der Waals surface area contributed by atoms with Gasteiger partial charge in [-0.2, -0.15) is 0 Å². The van der Waals surface area contributed by atoms with Crippen molar-refractivity contribution in [3.05, 3.63) is 35.4 Å². The molecule has 1 atom stereocenters. The average Bonchev–Trinajstić information content (AvgIpc) is 2.69. The Hall–Kier alpha value is -1.39. The first-order valence-electron chi connectivity index (χ1n) is 5.06. The van der Waals surface area contributed by atoms with Gasteiger partial charge in [0.25, 0.3) is 0 Å². The molecule has 0 aliphatic carbocycles. The number of fused-ring (bicyclic) bond motifs is 1. The molecule has 0 amide bonds. The Morgan fingerprint density at radius 2 is 2.19 bits per heavy atom. The molecule has 0 bridgehead atoms. The van der Waals surface area contributed by atoms with Crippen molar-refractivity contribution in [2.45, 2.75) is 18.8 Å². The van der Waals surface area contributed by atoms with Gasteiger partial charge in [0.05, 0.1) is 13.7 Å². The lowest BCUT2D eigenvalue weighted by Crippen LogP contribution is -2.31. The van der Waals surface area contributed by atoms with Crippen molar-refractivity contribution >= 4 is 5.97 Å². The molecule has 16 heavy (non-hydrogen) atoms. The smallest absolute Gasteiger partial charge is 0.311 e. The zero-order chi connectivity index (χ0) is 11.6. The van der Waals surface area contributed by atoms with Crippen LogP contribution in [0.1, 0.15) is 17.5 Å². The van der Waals surface area contributed by atoms with Crippen molar-refractivity contribution in [1.29, 1.82) is 0 Å². The Kier molecular flexibility index (Phi) is 2.94. The van der Waals surface area contributed by atoms with E-state index in [1.165, 1.54) is 14.2 Å². The number of ether oxygens (including phenoxy) is 3. The molecule has 0 aromatic heterocycles. The summed E-state index contributed by atoms with van der Waals surface area (Å²) in [7, 11) is 2.89. The molecule has 1 aromatic rings. The van der Waals surface area contributed by atoms with E-state index >= 15 is 0 Å². The van der Waals surface area contributed by atoms with Crippen LogP contribution in [0.2, 0.25) is 0 Å². The summed E-state index contributed by atoms with van der Waals surface area (Å²) in [4.78, 5) is 11.4. The third kappa shape index (κ3) is 1.70. The molecule has 2 rings (SSSR count). The van der Waals surface area contributed by atoms with E-state index in [0.717, 1.165) is 11.1 Å². The third-order valence-electron chi connectivity index (χ3n) is 2.82. The monoisotopic (exact) mass is 222 g/mol. The van der Waals surface area contributed by atoms with Crippen molar-refractivity contribution in [1.82, 2.24) is 0 Å². The van der Waals surface area contributed by atoms with E-state index in [2.05, 4.69) is 4.74 Å². The fraction of sp³-hybridized carbons (Fsp3) is 0.417. The van der Waals surface area contributed by atoms with Crippen molar-refractivity contribution < 1.29 is 19.0 Å². The number of carbonyl (C=O) groups excluding carboxylic acids is 1. The standard InChI is InChI=1S/C12H14O4/c1-14-11(13)7-12(15-2)10-6-4-3-5-9(10)8-16-12/h3-6H,7-8H2,1-2H3. The fourth-order valence-electron chi connectivity index (χ4n) is 1.94. The van der Waals surface area contributed by atoms with Gasteiger partial charge in [-0.05, 0) is 5.56 Å². The first-order valence-corrected chi connectivity index (χ1v) is 5.06. The molecular weight excluding hydrogens is 208 g/mol. The van der Waals surface area contributed by atoms with Gasteiger partial charge in [-0.3, -0.25) is 4.79 Å². The van der Waals surface area contributed by atoms with Crippen molar-refractivity contribution in [3.8, 4) is 0 Å². The highest BCUT2D eigenvalue weighted by Crippen LogP contribution is 2.39. The highest BCUT2D eigenvalue weighted by Gasteiger charge is 2.42. The molecule has 4 heteroatoms. The summed E-state index contributed by atoms with van der Waals surface area (Å²) in [6.07, 6.45) is 0.0665. The molecule has 0 spiro atoms. The molecule has 0 saturated heterocycles. The summed E-state index contributed by atoms with van der Waals surface area (Å²) in [5.74, 6) is -1.33. The van der Waals surface area contributed by atoms with E-state index in [4.69, 9.17) is 9.47 Å². The number of hydrogen-bond acceptors (Lipinski definition) is 4. The number of benzene rings is 1. The molecule has 1 aliphatic rings. The Balaban J connectivity index is 2.34. The van der Waals surface area contributed by atoms with Crippen LogP contribution in [0.4, 0.5) is 0 Å². The predicted molar refractivity (Wildman–Crippen MR) is 56.6 cm³/mol. The molecule has 1 aliphatic heterocycles. The van der Waals surface area contributed by atoms with E-state index in [1.54, 1.807) is 0 Å². The number of esters is 1. The number of methoxy groups -OCH3 is 2. The minimum absolute atomic E-state index is 0.0665. The molecule has 0 N–H and O–H groups in total. The van der Waals surface area contributed by atoms with Gasteiger partial charge < -0.3 is 14.2 Å². The highest BCUT2D eigenvalue weighted by molar-refractivity contribution is 5.71. The van der Waals surface area contributed by atoms with Gasteiger partial charge in [0, 0.05) is 12.7 Å². The Labute approximate surface area is 94.1 Å². The largest absolute Gasteiger partial charge is 0.469 e. The molecule has 1 unspecified atom stereocenters. The number of carbonyl (C=O) groups is 1. The molecular formula is C12H14O4. The van der Waals surface area contributed by atoms with Crippen LogP contribution < -0.4 is 0 Å². The van der Waals surface area contributed by atoms with Crippen LogP contribution in [0.15, 0.2) is 24.3 Å². The summed E-state index contributed by atoms with van der Waals surface area (Å²) in [6.45, 7) is 0.459. The first kappa shape index (κ1) is 11.1. The second-order valence-electron chi connectivity index (χ2n) is 3.66. The van der Waals surface area contributed by atoms with Crippen molar-refractivity contribution in [3.63, 3.8) is 0 Å². The van der Waals surface area contributed by atoms with Gasteiger partial charge in [0.1, 0.15) is 6.42 Å². The summed E-state index contributed by atoms with van der Waals surface area (Å²) in [6, 6.07) is 7.72. The van der Waals surface area contributed by atoms with Crippen LogP contribution >= 0.6 is 0 Å². The van der Waals surface area contributed by atoms with Gasteiger partial charge in [0.15, 0.2) is 0 Å². The quantitative estimate of drug-likeness (QED) is 0.728. The van der Waals surface area contributed by atoms with Gasteiger partial charge >= 0.3 is 5.97 Å². The zero-order valence-electron chi connectivity index (χ0n) is 9.36. The van der Waals surface area contributed by atoms with Crippen LogP contribution in [-0.2, 0) is 31.4 Å². The molecule has 86 valence electrons. The van der Waals surface area contributed by atoms with E-state index in [1.807, 2.05) is 24.3 Å². The van der Waals surface area contributed by atoms with Crippen molar-refractivity contribution in [2.24, 2.45) is 0 Å². The SMILES string of the molecule is COC(=O)CC1(OC)OCc2ccccc21. The first-order chi connectivity index (χ1) is 7.72. The van der Waals surface area contributed by atoms with E-state index in [0.29, 0.717) is 6.61 Å². The highest BCUT2D eigenvalue weighted by atomic mass is 16.7. The molecule has 0 radical (unpaired) electrons. The summed E-state index contributed by atoms with van der Waals surface area (Å²) in [5, 5.41) is 0.